The Hall–Kier alpha value is -4.02. The summed E-state index contributed by atoms with van der Waals surface area (Å²) in [6.07, 6.45) is -4.63. The number of fused-ring (bicyclic) bond motifs is 1. The van der Waals surface area contributed by atoms with Crippen molar-refractivity contribution in [2.24, 2.45) is 7.05 Å². The molecule has 4 rings (SSSR count). The van der Waals surface area contributed by atoms with Gasteiger partial charge in [0.2, 0.25) is 5.82 Å². The highest BCUT2D eigenvalue weighted by atomic mass is 19.4. The number of halogens is 3. The molecule has 0 saturated carbocycles. The molecule has 0 spiro atoms. The van der Waals surface area contributed by atoms with Gasteiger partial charge in [0.05, 0.1) is 14.2 Å². The number of aryl methyl sites for hydroxylation is 1. The van der Waals surface area contributed by atoms with Gasteiger partial charge in [-0.1, -0.05) is 0 Å². The monoisotopic (exact) mass is 444 g/mol. The quantitative estimate of drug-likeness (QED) is 0.438. The van der Waals surface area contributed by atoms with Crippen molar-refractivity contribution in [3.8, 4) is 11.5 Å². The second-order valence-electron chi connectivity index (χ2n) is 6.77. The second-order valence-corrected chi connectivity index (χ2v) is 6.77. The Balaban J connectivity index is 1.79. The number of nitrogens with zero attached hydrogens (tertiary/aromatic N) is 4. The predicted molar refractivity (Wildman–Crippen MR) is 114 cm³/mol. The highest BCUT2D eigenvalue weighted by molar-refractivity contribution is 5.80. The van der Waals surface area contributed by atoms with E-state index >= 15 is 0 Å². The van der Waals surface area contributed by atoms with Gasteiger partial charge < -0.3 is 24.7 Å². The SMILES string of the molecule is COc1ccc(Nc2nc3nc(C(F)(F)F)n(C)c3nc2Nc2ccc(OC)cc2)cc1. The number of benzene rings is 2. The number of aromatic nitrogens is 4. The van der Waals surface area contributed by atoms with Gasteiger partial charge in [0.15, 0.2) is 22.9 Å². The number of ether oxygens (including phenoxy) is 2. The van der Waals surface area contributed by atoms with E-state index in [9.17, 15) is 13.2 Å². The fourth-order valence-corrected chi connectivity index (χ4v) is 3.04. The van der Waals surface area contributed by atoms with Crippen LogP contribution in [0.2, 0.25) is 0 Å². The molecule has 2 N–H and O–H groups in total. The molecule has 0 bridgehead atoms. The maximum absolute atomic E-state index is 13.3. The van der Waals surface area contributed by atoms with Crippen molar-refractivity contribution >= 4 is 34.3 Å². The molecule has 0 aliphatic carbocycles. The van der Waals surface area contributed by atoms with Crippen LogP contribution in [0.5, 0.6) is 11.5 Å². The second kappa shape index (κ2) is 8.25. The number of hydrogen-bond acceptors (Lipinski definition) is 7. The zero-order valence-electron chi connectivity index (χ0n) is 17.4. The van der Waals surface area contributed by atoms with Crippen molar-refractivity contribution in [1.29, 1.82) is 0 Å². The zero-order chi connectivity index (χ0) is 22.9. The van der Waals surface area contributed by atoms with Gasteiger partial charge in [-0.25, -0.2) is 15.0 Å². The molecule has 0 radical (unpaired) electrons. The highest BCUT2D eigenvalue weighted by Gasteiger charge is 2.37. The Morgan fingerprint density at radius 3 is 1.66 bits per heavy atom. The maximum atomic E-state index is 13.3. The summed E-state index contributed by atoms with van der Waals surface area (Å²) in [4.78, 5) is 12.3. The summed E-state index contributed by atoms with van der Waals surface area (Å²) in [7, 11) is 4.36. The number of alkyl halides is 3. The molecule has 0 amide bonds. The lowest BCUT2D eigenvalue weighted by molar-refractivity contribution is -0.146. The van der Waals surface area contributed by atoms with E-state index in [0.29, 0.717) is 22.9 Å². The Morgan fingerprint density at radius 1 is 0.750 bits per heavy atom. The van der Waals surface area contributed by atoms with Crippen LogP contribution < -0.4 is 20.1 Å². The molecule has 166 valence electrons. The van der Waals surface area contributed by atoms with Crippen molar-refractivity contribution in [2.45, 2.75) is 6.18 Å². The average molecular weight is 444 g/mol. The average Bonchev–Trinajstić information content (AvgIpc) is 3.11. The van der Waals surface area contributed by atoms with Gasteiger partial charge in [0, 0.05) is 18.4 Å². The molecule has 0 unspecified atom stereocenters. The van der Waals surface area contributed by atoms with Gasteiger partial charge in [-0.2, -0.15) is 13.2 Å². The van der Waals surface area contributed by atoms with Gasteiger partial charge in [0.1, 0.15) is 11.5 Å². The molecule has 0 saturated heterocycles. The Morgan fingerprint density at radius 2 is 1.22 bits per heavy atom. The molecule has 32 heavy (non-hydrogen) atoms. The minimum atomic E-state index is -4.63. The van der Waals surface area contributed by atoms with Crippen LogP contribution in [-0.4, -0.2) is 33.7 Å². The van der Waals surface area contributed by atoms with Crippen LogP contribution in [0.15, 0.2) is 48.5 Å². The van der Waals surface area contributed by atoms with Gasteiger partial charge >= 0.3 is 6.18 Å². The third-order valence-electron chi connectivity index (χ3n) is 4.67. The van der Waals surface area contributed by atoms with Crippen LogP contribution in [0.3, 0.4) is 0 Å². The lowest BCUT2D eigenvalue weighted by Crippen LogP contribution is -2.12. The van der Waals surface area contributed by atoms with Crippen molar-refractivity contribution < 1.29 is 22.6 Å². The molecule has 0 aliphatic heterocycles. The lowest BCUT2D eigenvalue weighted by atomic mass is 10.3. The van der Waals surface area contributed by atoms with Crippen molar-refractivity contribution in [3.63, 3.8) is 0 Å². The first-order valence-corrected chi connectivity index (χ1v) is 9.42. The van der Waals surface area contributed by atoms with E-state index in [0.717, 1.165) is 4.57 Å². The standard InChI is InChI=1S/C21H19F3N6O2/c1-30-19-18(29-20(30)21(22,23)24)27-16(25-12-4-8-14(31-2)9-5-12)17(28-19)26-13-6-10-15(32-3)11-7-13/h4-11H,1-3H3,(H,25,27)(H,26,28). The largest absolute Gasteiger partial charge is 0.497 e. The summed E-state index contributed by atoms with van der Waals surface area (Å²) in [6.45, 7) is 0. The molecule has 4 aromatic rings. The minimum absolute atomic E-state index is 0.00591. The van der Waals surface area contributed by atoms with Gasteiger partial charge in [0.25, 0.3) is 0 Å². The van der Waals surface area contributed by atoms with Crippen LogP contribution in [0.1, 0.15) is 5.82 Å². The van der Waals surface area contributed by atoms with E-state index in [4.69, 9.17) is 9.47 Å². The van der Waals surface area contributed by atoms with E-state index in [1.54, 1.807) is 62.8 Å². The smallest absolute Gasteiger partial charge is 0.449 e. The van der Waals surface area contributed by atoms with Gasteiger partial charge in [-0.3, -0.25) is 0 Å². The first kappa shape index (κ1) is 21.2. The number of methoxy groups -OCH3 is 2. The maximum Gasteiger partial charge on any atom is 0.449 e. The molecule has 2 aromatic heterocycles. The molecule has 2 heterocycles. The molecule has 2 aromatic carbocycles. The topological polar surface area (TPSA) is 86.1 Å². The highest BCUT2D eigenvalue weighted by Crippen LogP contribution is 2.33. The summed E-state index contributed by atoms with van der Waals surface area (Å²) in [6, 6.07) is 14.0. The Bertz CT molecular complexity index is 1240. The van der Waals surface area contributed by atoms with Crippen molar-refractivity contribution in [3.05, 3.63) is 54.4 Å². The Kier molecular flexibility index (Phi) is 5.47. The zero-order valence-corrected chi connectivity index (χ0v) is 17.4. The third-order valence-corrected chi connectivity index (χ3v) is 4.67. The molecule has 11 heteroatoms. The summed E-state index contributed by atoms with van der Waals surface area (Å²) in [5.41, 5.74) is 1.16. The number of imidazole rings is 1. The van der Waals surface area contributed by atoms with Crippen LogP contribution in [0, 0.1) is 0 Å². The Labute approximate surface area is 181 Å². The number of anilines is 4. The van der Waals surface area contributed by atoms with Crippen LogP contribution in [0.4, 0.5) is 36.2 Å². The fraction of sp³-hybridized carbons (Fsp3) is 0.190. The van der Waals surface area contributed by atoms with E-state index < -0.39 is 12.0 Å². The van der Waals surface area contributed by atoms with E-state index in [-0.39, 0.29) is 22.9 Å². The predicted octanol–water partition coefficient (Wildman–Crippen LogP) is 4.89. The summed E-state index contributed by atoms with van der Waals surface area (Å²) < 4.78 is 51.2. The lowest BCUT2D eigenvalue weighted by Gasteiger charge is -2.13. The van der Waals surface area contributed by atoms with Crippen molar-refractivity contribution in [1.82, 2.24) is 19.5 Å². The first-order valence-electron chi connectivity index (χ1n) is 9.42. The minimum Gasteiger partial charge on any atom is -0.497 e. The number of nitrogens with one attached hydrogen (secondary N) is 2. The van der Waals surface area contributed by atoms with Gasteiger partial charge in [-0.15, -0.1) is 0 Å². The molecule has 0 aliphatic rings. The third kappa shape index (κ3) is 4.22. The van der Waals surface area contributed by atoms with E-state index in [1.807, 2.05) is 0 Å². The first-order chi connectivity index (χ1) is 15.3. The van der Waals surface area contributed by atoms with Crippen molar-refractivity contribution in [2.75, 3.05) is 24.9 Å². The van der Waals surface area contributed by atoms with Crippen LogP contribution in [-0.2, 0) is 13.2 Å². The molecular weight excluding hydrogens is 425 g/mol. The van der Waals surface area contributed by atoms with Gasteiger partial charge in [-0.05, 0) is 48.5 Å². The normalized spacial score (nSPS) is 11.4. The van der Waals surface area contributed by atoms with E-state index in [1.165, 1.54) is 7.05 Å². The number of hydrogen-bond donors (Lipinski definition) is 2. The number of rotatable bonds is 6. The summed E-state index contributed by atoms with van der Waals surface area (Å²) in [5.74, 6) is 0.688. The molecule has 8 nitrogen and oxygen atoms in total. The fourth-order valence-electron chi connectivity index (χ4n) is 3.04. The molecular formula is C21H19F3N6O2. The van der Waals surface area contributed by atoms with Crippen LogP contribution in [0.25, 0.3) is 11.3 Å². The van der Waals surface area contributed by atoms with E-state index in [2.05, 4.69) is 25.6 Å². The summed E-state index contributed by atoms with van der Waals surface area (Å²) in [5, 5.41) is 6.17. The molecule has 0 fully saturated rings. The molecule has 0 atom stereocenters. The summed E-state index contributed by atoms with van der Waals surface area (Å²) >= 11 is 0. The van der Waals surface area contributed by atoms with Crippen LogP contribution >= 0.6 is 0 Å².